The molecule has 0 unspecified atom stereocenters. The second-order valence-corrected chi connectivity index (χ2v) is 7.14. The molecule has 2 aliphatic rings. The first-order valence-corrected chi connectivity index (χ1v) is 8.93. The summed E-state index contributed by atoms with van der Waals surface area (Å²) in [7, 11) is 3.92. The van der Waals surface area contributed by atoms with Crippen LogP contribution in [0.15, 0.2) is 18.2 Å². The van der Waals surface area contributed by atoms with Gasteiger partial charge in [0.15, 0.2) is 11.5 Å². The van der Waals surface area contributed by atoms with Gasteiger partial charge in [0.2, 0.25) is 12.7 Å². The van der Waals surface area contributed by atoms with Crippen LogP contribution in [0, 0.1) is 5.92 Å². The normalized spacial score (nSPS) is 17.3. The summed E-state index contributed by atoms with van der Waals surface area (Å²) in [5.41, 5.74) is 1.13. The third kappa shape index (κ3) is 4.41. The minimum absolute atomic E-state index is 0.198. The number of nitrogens with zero attached hydrogens (tertiary/aromatic N) is 2. The lowest BCUT2D eigenvalue weighted by Crippen LogP contribution is -2.39. The molecule has 24 heavy (non-hydrogen) atoms. The molecule has 5 heteroatoms. The molecule has 1 heterocycles. The van der Waals surface area contributed by atoms with Crippen LogP contribution in [0.25, 0.3) is 0 Å². The van der Waals surface area contributed by atoms with E-state index >= 15 is 0 Å². The molecule has 3 rings (SSSR count). The highest BCUT2D eigenvalue weighted by molar-refractivity contribution is 5.77. The molecule has 0 radical (unpaired) electrons. The van der Waals surface area contributed by atoms with Gasteiger partial charge in [-0.15, -0.1) is 0 Å². The van der Waals surface area contributed by atoms with E-state index in [9.17, 15) is 4.79 Å². The van der Waals surface area contributed by atoms with Crippen molar-refractivity contribution < 1.29 is 14.3 Å². The zero-order valence-electron chi connectivity index (χ0n) is 14.8. The Morgan fingerprint density at radius 2 is 1.88 bits per heavy atom. The highest BCUT2D eigenvalue weighted by Crippen LogP contribution is 2.32. The summed E-state index contributed by atoms with van der Waals surface area (Å²) >= 11 is 0. The van der Waals surface area contributed by atoms with Crippen molar-refractivity contribution in [3.8, 4) is 11.5 Å². The summed E-state index contributed by atoms with van der Waals surface area (Å²) in [6.45, 7) is 2.35. The van der Waals surface area contributed by atoms with Gasteiger partial charge < -0.3 is 14.4 Å². The van der Waals surface area contributed by atoms with Crippen molar-refractivity contribution in [1.29, 1.82) is 0 Å². The number of ether oxygens (including phenoxy) is 2. The van der Waals surface area contributed by atoms with Crippen LogP contribution < -0.4 is 9.47 Å². The molecule has 1 aliphatic carbocycles. The molecule has 0 saturated heterocycles. The first-order valence-electron chi connectivity index (χ1n) is 8.93. The van der Waals surface area contributed by atoms with Gasteiger partial charge in [0.05, 0.1) is 6.54 Å². The van der Waals surface area contributed by atoms with Gasteiger partial charge in [-0.2, -0.15) is 0 Å². The van der Waals surface area contributed by atoms with Crippen LogP contribution in [0.5, 0.6) is 11.5 Å². The Balaban J connectivity index is 1.46. The van der Waals surface area contributed by atoms with Gasteiger partial charge in [0.25, 0.3) is 0 Å². The summed E-state index contributed by atoms with van der Waals surface area (Å²) in [4.78, 5) is 16.4. The third-order valence-corrected chi connectivity index (χ3v) is 4.98. The molecule has 1 saturated carbocycles. The lowest BCUT2D eigenvalue weighted by Gasteiger charge is -2.28. The molecular formula is C19H28N2O3. The lowest BCUT2D eigenvalue weighted by atomic mass is 9.89. The average molecular weight is 332 g/mol. The van der Waals surface area contributed by atoms with Crippen molar-refractivity contribution in [2.45, 2.75) is 38.6 Å². The molecule has 132 valence electrons. The summed E-state index contributed by atoms with van der Waals surface area (Å²) in [6.07, 6.45) is 6.52. The van der Waals surface area contributed by atoms with E-state index in [4.69, 9.17) is 9.47 Å². The standard InChI is InChI=1S/C19H28N2O3/c1-20(11-16-8-9-17-18(10-16)24-14-23-17)13-19(22)21(2)12-15-6-4-3-5-7-15/h8-10,15H,3-7,11-14H2,1-2H3. The highest BCUT2D eigenvalue weighted by Gasteiger charge is 2.19. The monoisotopic (exact) mass is 332 g/mol. The van der Waals surface area contributed by atoms with Gasteiger partial charge in [0, 0.05) is 20.1 Å². The molecule has 0 bridgehead atoms. The number of hydrogen-bond donors (Lipinski definition) is 0. The largest absolute Gasteiger partial charge is 0.454 e. The van der Waals surface area contributed by atoms with Gasteiger partial charge >= 0.3 is 0 Å². The van der Waals surface area contributed by atoms with Crippen molar-refractivity contribution in [2.24, 2.45) is 5.92 Å². The molecule has 0 atom stereocenters. The maximum Gasteiger partial charge on any atom is 0.236 e. The van der Waals surface area contributed by atoms with Crippen LogP contribution in [0.3, 0.4) is 0 Å². The van der Waals surface area contributed by atoms with Crippen molar-refractivity contribution in [3.63, 3.8) is 0 Å². The number of carbonyl (C=O) groups is 1. The Morgan fingerprint density at radius 3 is 2.67 bits per heavy atom. The third-order valence-electron chi connectivity index (χ3n) is 4.98. The lowest BCUT2D eigenvalue weighted by molar-refractivity contribution is -0.131. The van der Waals surface area contributed by atoms with E-state index < -0.39 is 0 Å². The number of rotatable bonds is 6. The van der Waals surface area contributed by atoms with E-state index in [-0.39, 0.29) is 5.91 Å². The molecule has 1 aromatic rings. The Morgan fingerprint density at radius 1 is 1.12 bits per heavy atom. The average Bonchev–Trinajstić information content (AvgIpc) is 3.03. The zero-order chi connectivity index (χ0) is 16.9. The van der Waals surface area contributed by atoms with Gasteiger partial charge in [-0.05, 0) is 43.5 Å². The number of fused-ring (bicyclic) bond motifs is 1. The van der Waals surface area contributed by atoms with Crippen LogP contribution in [0.2, 0.25) is 0 Å². The fourth-order valence-corrected chi connectivity index (χ4v) is 3.62. The van der Waals surface area contributed by atoms with Gasteiger partial charge in [-0.1, -0.05) is 25.3 Å². The zero-order valence-corrected chi connectivity index (χ0v) is 14.8. The van der Waals surface area contributed by atoms with Crippen molar-refractivity contribution >= 4 is 5.91 Å². The number of likely N-dealkylation sites (N-methyl/N-ethyl adjacent to an activating group) is 2. The molecule has 0 N–H and O–H groups in total. The second kappa shape index (κ2) is 7.88. The van der Waals surface area contributed by atoms with Crippen molar-refractivity contribution in [3.05, 3.63) is 23.8 Å². The topological polar surface area (TPSA) is 42.0 Å². The summed E-state index contributed by atoms with van der Waals surface area (Å²) in [5.74, 6) is 2.47. The van der Waals surface area contributed by atoms with E-state index in [1.165, 1.54) is 32.1 Å². The first-order chi connectivity index (χ1) is 11.6. The molecule has 5 nitrogen and oxygen atoms in total. The van der Waals surface area contributed by atoms with Crippen LogP contribution >= 0.6 is 0 Å². The van der Waals surface area contributed by atoms with Crippen LogP contribution in [-0.2, 0) is 11.3 Å². The second-order valence-electron chi connectivity index (χ2n) is 7.14. The quantitative estimate of drug-likeness (QED) is 0.803. The van der Waals surface area contributed by atoms with Crippen molar-refractivity contribution in [2.75, 3.05) is 34.0 Å². The Kier molecular flexibility index (Phi) is 5.61. The number of carbonyl (C=O) groups excluding carboxylic acids is 1. The van der Waals surface area contributed by atoms with Crippen molar-refractivity contribution in [1.82, 2.24) is 9.80 Å². The molecular weight excluding hydrogens is 304 g/mol. The Labute approximate surface area is 144 Å². The molecule has 0 aromatic heterocycles. The van der Waals surface area contributed by atoms with E-state index in [0.29, 0.717) is 19.3 Å². The van der Waals surface area contributed by atoms with Gasteiger partial charge in [-0.3, -0.25) is 9.69 Å². The highest BCUT2D eigenvalue weighted by atomic mass is 16.7. The SMILES string of the molecule is CN(CC(=O)N(C)CC1CCCCC1)Cc1ccc2c(c1)OCO2. The summed E-state index contributed by atoms with van der Waals surface area (Å²) in [6, 6.07) is 5.96. The maximum atomic E-state index is 12.4. The maximum absolute atomic E-state index is 12.4. The summed E-state index contributed by atoms with van der Waals surface area (Å²) in [5, 5.41) is 0. The molecule has 1 amide bonds. The number of amides is 1. The molecule has 0 spiro atoms. The van der Waals surface area contributed by atoms with E-state index in [1.54, 1.807) is 0 Å². The Hall–Kier alpha value is -1.75. The fraction of sp³-hybridized carbons (Fsp3) is 0.632. The van der Waals surface area contributed by atoms with Crippen LogP contribution in [0.4, 0.5) is 0 Å². The predicted molar refractivity (Wildman–Crippen MR) is 93.1 cm³/mol. The van der Waals surface area contributed by atoms with E-state index in [0.717, 1.165) is 30.2 Å². The van der Waals surface area contributed by atoms with E-state index in [1.807, 2.05) is 37.2 Å². The number of hydrogen-bond acceptors (Lipinski definition) is 4. The van der Waals surface area contributed by atoms with Gasteiger partial charge in [0.1, 0.15) is 0 Å². The van der Waals surface area contributed by atoms with Gasteiger partial charge in [-0.25, -0.2) is 0 Å². The minimum atomic E-state index is 0.198. The Bertz CT molecular complexity index is 570. The van der Waals surface area contributed by atoms with E-state index in [2.05, 4.69) is 4.90 Å². The summed E-state index contributed by atoms with van der Waals surface area (Å²) < 4.78 is 10.7. The molecule has 1 aliphatic heterocycles. The van der Waals surface area contributed by atoms with Crippen LogP contribution in [0.1, 0.15) is 37.7 Å². The predicted octanol–water partition coefficient (Wildman–Crippen LogP) is 2.89. The first kappa shape index (κ1) is 17.1. The minimum Gasteiger partial charge on any atom is -0.454 e. The fourth-order valence-electron chi connectivity index (χ4n) is 3.62. The molecule has 1 fully saturated rings. The van der Waals surface area contributed by atoms with Crippen LogP contribution in [-0.4, -0.2) is 49.7 Å². The number of benzene rings is 1. The molecule has 1 aromatic carbocycles. The smallest absolute Gasteiger partial charge is 0.236 e.